The fourth-order valence-electron chi connectivity index (χ4n) is 3.16. The van der Waals surface area contributed by atoms with Crippen molar-refractivity contribution in [2.45, 2.75) is 25.7 Å². The average Bonchev–Trinajstić information content (AvgIpc) is 2.66. The summed E-state index contributed by atoms with van der Waals surface area (Å²) in [5, 5.41) is 6.16. The number of likely N-dealkylation sites (tertiary alicyclic amines) is 1. The van der Waals surface area contributed by atoms with Crippen molar-refractivity contribution < 1.29 is 9.53 Å². The van der Waals surface area contributed by atoms with Gasteiger partial charge in [-0.05, 0) is 42.9 Å². The average molecular weight is 474 g/mol. The first-order valence-corrected chi connectivity index (χ1v) is 8.95. The first-order chi connectivity index (χ1) is 12.2. The molecular formula is C19H31IN4O2. The van der Waals surface area contributed by atoms with Crippen LogP contribution < -0.4 is 15.4 Å². The first kappa shape index (κ1) is 22.5. The van der Waals surface area contributed by atoms with E-state index >= 15 is 0 Å². The summed E-state index contributed by atoms with van der Waals surface area (Å²) in [6.07, 6.45) is 3.64. The lowest BCUT2D eigenvalue weighted by Crippen LogP contribution is -2.46. The van der Waals surface area contributed by atoms with E-state index in [0.717, 1.165) is 50.6 Å². The Morgan fingerprint density at radius 1 is 1.27 bits per heavy atom. The summed E-state index contributed by atoms with van der Waals surface area (Å²) in [7, 11) is 5.21. The Hall–Kier alpha value is -1.51. The van der Waals surface area contributed by atoms with Gasteiger partial charge in [0.25, 0.3) is 0 Å². The molecule has 7 heteroatoms. The molecule has 146 valence electrons. The molecular weight excluding hydrogens is 443 g/mol. The number of aliphatic imine (C=N–C) groups is 1. The number of hydrogen-bond acceptors (Lipinski definition) is 3. The lowest BCUT2D eigenvalue weighted by Gasteiger charge is -2.34. The second-order valence-corrected chi connectivity index (χ2v) is 6.38. The Morgan fingerprint density at radius 3 is 2.46 bits per heavy atom. The largest absolute Gasteiger partial charge is 0.497 e. The zero-order chi connectivity index (χ0) is 18.1. The highest BCUT2D eigenvalue weighted by Gasteiger charge is 2.22. The number of guanidine groups is 1. The van der Waals surface area contributed by atoms with Crippen molar-refractivity contribution in [1.82, 2.24) is 15.5 Å². The summed E-state index contributed by atoms with van der Waals surface area (Å²) in [6, 6.07) is 8.16. The summed E-state index contributed by atoms with van der Waals surface area (Å²) in [4.78, 5) is 18.2. The number of nitrogens with one attached hydrogen (secondary N) is 2. The maximum atomic E-state index is 11.5. The molecule has 6 nitrogen and oxygen atoms in total. The van der Waals surface area contributed by atoms with Crippen LogP contribution in [0.1, 0.15) is 24.8 Å². The molecule has 0 spiro atoms. The molecule has 1 aliphatic heterocycles. The first-order valence-electron chi connectivity index (χ1n) is 8.95. The normalized spacial score (nSPS) is 15.2. The van der Waals surface area contributed by atoms with Crippen LogP contribution in [0, 0.1) is 5.92 Å². The smallest absolute Gasteiger partial charge is 0.220 e. The topological polar surface area (TPSA) is 66.0 Å². The maximum absolute atomic E-state index is 11.5. The molecule has 0 saturated carbocycles. The van der Waals surface area contributed by atoms with Crippen molar-refractivity contribution in [3.8, 4) is 5.75 Å². The van der Waals surface area contributed by atoms with E-state index < -0.39 is 0 Å². The van der Waals surface area contributed by atoms with Gasteiger partial charge in [-0.15, -0.1) is 24.0 Å². The third-order valence-corrected chi connectivity index (χ3v) is 4.73. The number of carbonyl (C=O) groups excluding carboxylic acids is 1. The van der Waals surface area contributed by atoms with Crippen molar-refractivity contribution in [3.05, 3.63) is 29.8 Å². The summed E-state index contributed by atoms with van der Waals surface area (Å²) in [5.41, 5.74) is 1.27. The van der Waals surface area contributed by atoms with E-state index in [0.29, 0.717) is 12.3 Å². The van der Waals surface area contributed by atoms with Gasteiger partial charge in [0.05, 0.1) is 7.11 Å². The summed E-state index contributed by atoms with van der Waals surface area (Å²) in [5.74, 6) is 2.45. The Labute approximate surface area is 173 Å². The number of nitrogens with zero attached hydrogens (tertiary/aromatic N) is 2. The van der Waals surface area contributed by atoms with Crippen LogP contribution in [0.2, 0.25) is 0 Å². The minimum atomic E-state index is 0. The number of rotatable bonds is 6. The van der Waals surface area contributed by atoms with E-state index in [9.17, 15) is 4.79 Å². The highest BCUT2D eigenvalue weighted by molar-refractivity contribution is 14.0. The quantitative estimate of drug-likeness (QED) is 0.377. The number of methoxy groups -OCH3 is 1. The van der Waals surface area contributed by atoms with Crippen molar-refractivity contribution in [2.24, 2.45) is 10.9 Å². The summed E-state index contributed by atoms with van der Waals surface area (Å²) < 4.78 is 5.18. The molecule has 1 heterocycles. The Balaban J connectivity index is 0.00000338. The molecule has 1 aromatic rings. The minimum Gasteiger partial charge on any atom is -0.497 e. The molecule has 0 aromatic heterocycles. The standard InChI is InChI=1S/C19H30N4O2.HI/c1-20-18(24)14-16-9-12-23(13-10-16)19(21-2)22-11-8-15-4-6-17(25-3)7-5-15;/h4-7,16H,8-14H2,1-3H3,(H,20,24)(H,21,22);1H. The van der Waals surface area contributed by atoms with E-state index in [4.69, 9.17) is 4.74 Å². The lowest BCUT2D eigenvalue weighted by atomic mass is 9.93. The molecule has 2 rings (SSSR count). The fraction of sp³-hybridized carbons (Fsp3) is 0.579. The van der Waals surface area contributed by atoms with Gasteiger partial charge in [0, 0.05) is 40.2 Å². The van der Waals surface area contributed by atoms with Gasteiger partial charge in [-0.3, -0.25) is 9.79 Å². The van der Waals surface area contributed by atoms with Crippen molar-refractivity contribution in [1.29, 1.82) is 0 Å². The predicted molar refractivity (Wildman–Crippen MR) is 116 cm³/mol. The van der Waals surface area contributed by atoms with E-state index in [2.05, 4.69) is 32.7 Å². The minimum absolute atomic E-state index is 0. The SMILES string of the molecule is CN=C(NCCc1ccc(OC)cc1)N1CCC(CC(=O)NC)CC1.I. The third-order valence-electron chi connectivity index (χ3n) is 4.73. The second kappa shape index (κ2) is 12.0. The molecule has 1 fully saturated rings. The lowest BCUT2D eigenvalue weighted by molar-refractivity contribution is -0.121. The molecule has 26 heavy (non-hydrogen) atoms. The number of ether oxygens (including phenoxy) is 1. The third kappa shape index (κ3) is 7.01. The zero-order valence-corrected chi connectivity index (χ0v) is 18.3. The molecule has 0 aliphatic carbocycles. The Kier molecular flexibility index (Phi) is 10.4. The van der Waals surface area contributed by atoms with Gasteiger partial charge in [-0.2, -0.15) is 0 Å². The number of carbonyl (C=O) groups is 1. The number of halogens is 1. The molecule has 0 atom stereocenters. The van der Waals surface area contributed by atoms with E-state index in [1.807, 2.05) is 19.2 Å². The maximum Gasteiger partial charge on any atom is 0.220 e. The van der Waals surface area contributed by atoms with Crippen LogP contribution in [-0.2, 0) is 11.2 Å². The van der Waals surface area contributed by atoms with Gasteiger partial charge < -0.3 is 20.3 Å². The predicted octanol–water partition coefficient (Wildman–Crippen LogP) is 2.28. The van der Waals surface area contributed by atoms with Crippen LogP contribution >= 0.6 is 24.0 Å². The van der Waals surface area contributed by atoms with Gasteiger partial charge in [-0.1, -0.05) is 12.1 Å². The zero-order valence-electron chi connectivity index (χ0n) is 16.0. The van der Waals surface area contributed by atoms with Crippen molar-refractivity contribution in [3.63, 3.8) is 0 Å². The number of piperidine rings is 1. The number of benzene rings is 1. The molecule has 0 bridgehead atoms. The number of hydrogen-bond donors (Lipinski definition) is 2. The van der Waals surface area contributed by atoms with Crippen LogP contribution in [0.5, 0.6) is 5.75 Å². The van der Waals surface area contributed by atoms with Gasteiger partial charge in [0.2, 0.25) is 5.91 Å². The van der Waals surface area contributed by atoms with E-state index in [-0.39, 0.29) is 29.9 Å². The molecule has 0 unspecified atom stereocenters. The molecule has 1 amide bonds. The monoisotopic (exact) mass is 474 g/mol. The molecule has 1 saturated heterocycles. The summed E-state index contributed by atoms with van der Waals surface area (Å²) in [6.45, 7) is 2.74. The van der Waals surface area contributed by atoms with Crippen LogP contribution in [0.4, 0.5) is 0 Å². The highest BCUT2D eigenvalue weighted by atomic mass is 127. The van der Waals surface area contributed by atoms with Gasteiger partial charge in [0.15, 0.2) is 5.96 Å². The van der Waals surface area contributed by atoms with Crippen molar-refractivity contribution in [2.75, 3.05) is 40.8 Å². The molecule has 2 N–H and O–H groups in total. The van der Waals surface area contributed by atoms with Gasteiger partial charge in [0.1, 0.15) is 5.75 Å². The van der Waals surface area contributed by atoms with Crippen LogP contribution in [0.25, 0.3) is 0 Å². The second-order valence-electron chi connectivity index (χ2n) is 6.38. The van der Waals surface area contributed by atoms with Gasteiger partial charge >= 0.3 is 0 Å². The van der Waals surface area contributed by atoms with Crippen LogP contribution in [0.15, 0.2) is 29.3 Å². The van der Waals surface area contributed by atoms with Crippen LogP contribution in [0.3, 0.4) is 0 Å². The van der Waals surface area contributed by atoms with Gasteiger partial charge in [-0.25, -0.2) is 0 Å². The fourth-order valence-corrected chi connectivity index (χ4v) is 3.16. The van der Waals surface area contributed by atoms with Crippen molar-refractivity contribution >= 4 is 35.8 Å². The molecule has 1 aromatic carbocycles. The number of amides is 1. The van der Waals surface area contributed by atoms with Crippen LogP contribution in [-0.4, -0.2) is 57.6 Å². The Morgan fingerprint density at radius 2 is 1.92 bits per heavy atom. The Bertz CT molecular complexity index is 569. The molecule has 1 aliphatic rings. The van der Waals surface area contributed by atoms with E-state index in [1.165, 1.54) is 5.56 Å². The van der Waals surface area contributed by atoms with E-state index in [1.54, 1.807) is 14.2 Å². The molecule has 0 radical (unpaired) electrons. The summed E-state index contributed by atoms with van der Waals surface area (Å²) >= 11 is 0. The highest BCUT2D eigenvalue weighted by Crippen LogP contribution is 2.20.